The Morgan fingerprint density at radius 1 is 1.05 bits per heavy atom. The molecule has 1 saturated carbocycles. The summed E-state index contributed by atoms with van der Waals surface area (Å²) in [4.78, 5) is 42.1. The van der Waals surface area contributed by atoms with Crippen LogP contribution in [-0.4, -0.2) is 46.6 Å². The smallest absolute Gasteiger partial charge is 0.248 e. The van der Waals surface area contributed by atoms with Gasteiger partial charge in [-0.05, 0) is 60.7 Å². The number of anilines is 2. The SMILES string of the molecule is COc1cccc(N(C(=O)C[S@](=O)CC(=O)Nc2ccc(F)cc2)[C@@H](C(=O)NC2CCCCC2)c2cccs2)c1. The number of ether oxygens (including phenoxy) is 1. The molecule has 0 aliphatic heterocycles. The minimum Gasteiger partial charge on any atom is -0.497 e. The number of hydrogen-bond donors (Lipinski definition) is 2. The van der Waals surface area contributed by atoms with Gasteiger partial charge in [0, 0.05) is 39.2 Å². The van der Waals surface area contributed by atoms with Crippen LogP contribution in [0.2, 0.25) is 0 Å². The van der Waals surface area contributed by atoms with E-state index >= 15 is 0 Å². The first-order valence-corrected chi connectivity index (χ1v) is 15.4. The van der Waals surface area contributed by atoms with Gasteiger partial charge in [0.05, 0.1) is 7.11 Å². The molecule has 3 aromatic rings. The van der Waals surface area contributed by atoms with Crippen LogP contribution in [0.15, 0.2) is 66.0 Å². The third kappa shape index (κ3) is 7.98. The molecule has 1 aromatic heterocycles. The zero-order valence-electron chi connectivity index (χ0n) is 22.1. The zero-order valence-corrected chi connectivity index (χ0v) is 23.8. The van der Waals surface area contributed by atoms with Gasteiger partial charge >= 0.3 is 0 Å². The highest BCUT2D eigenvalue weighted by Crippen LogP contribution is 2.33. The second kappa shape index (κ2) is 14.2. The summed E-state index contributed by atoms with van der Waals surface area (Å²) in [5.41, 5.74) is 0.763. The van der Waals surface area contributed by atoms with Gasteiger partial charge in [0.1, 0.15) is 29.1 Å². The fourth-order valence-corrected chi connectivity index (χ4v) is 6.37. The number of hydrogen-bond acceptors (Lipinski definition) is 6. The van der Waals surface area contributed by atoms with Gasteiger partial charge in [0.2, 0.25) is 17.7 Å². The van der Waals surface area contributed by atoms with Gasteiger partial charge in [0.25, 0.3) is 0 Å². The molecule has 2 atom stereocenters. The van der Waals surface area contributed by atoms with Crippen LogP contribution in [0.4, 0.5) is 15.8 Å². The van der Waals surface area contributed by atoms with Crippen LogP contribution >= 0.6 is 11.3 Å². The molecule has 4 rings (SSSR count). The lowest BCUT2D eigenvalue weighted by Crippen LogP contribution is -2.48. The largest absolute Gasteiger partial charge is 0.497 e. The third-order valence-electron chi connectivity index (χ3n) is 6.58. The van der Waals surface area contributed by atoms with E-state index in [2.05, 4.69) is 10.6 Å². The van der Waals surface area contributed by atoms with Crippen LogP contribution in [0.5, 0.6) is 5.75 Å². The molecule has 40 heavy (non-hydrogen) atoms. The van der Waals surface area contributed by atoms with Gasteiger partial charge in [-0.3, -0.25) is 23.5 Å². The number of nitrogens with one attached hydrogen (secondary N) is 2. The number of amides is 3. The summed E-state index contributed by atoms with van der Waals surface area (Å²) < 4.78 is 31.5. The minimum absolute atomic E-state index is 0.0234. The first-order valence-electron chi connectivity index (χ1n) is 13.0. The topological polar surface area (TPSA) is 105 Å². The predicted molar refractivity (Wildman–Crippen MR) is 155 cm³/mol. The van der Waals surface area contributed by atoms with Crippen molar-refractivity contribution in [3.8, 4) is 5.75 Å². The van der Waals surface area contributed by atoms with Crippen molar-refractivity contribution >= 4 is 51.2 Å². The van der Waals surface area contributed by atoms with Crippen molar-refractivity contribution in [1.82, 2.24) is 5.32 Å². The predicted octanol–water partition coefficient (Wildman–Crippen LogP) is 4.81. The Morgan fingerprint density at radius 2 is 1.80 bits per heavy atom. The standard InChI is InChI=1S/C29H32FN3O5S2/c1-38-24-10-5-9-23(17-24)33(27(35)19-40(37)18-26(34)31-22-14-12-20(30)13-15-22)28(25-11-6-16-39-25)29(36)32-21-7-3-2-4-8-21/h5-6,9-17,21,28H,2-4,7-8,18-19H2,1H3,(H,31,34)(H,32,36)/t28-,40-/m1/s1. The molecule has 1 heterocycles. The van der Waals surface area contributed by atoms with Gasteiger partial charge in [-0.25, -0.2) is 4.39 Å². The summed E-state index contributed by atoms with van der Waals surface area (Å²) in [6.45, 7) is 0. The highest BCUT2D eigenvalue weighted by Gasteiger charge is 2.35. The first kappa shape index (κ1) is 29.4. The fourth-order valence-electron chi connectivity index (χ4n) is 4.68. The molecule has 1 fully saturated rings. The molecule has 0 spiro atoms. The van der Waals surface area contributed by atoms with E-state index in [-0.39, 0.29) is 11.9 Å². The van der Waals surface area contributed by atoms with E-state index < -0.39 is 46.0 Å². The van der Waals surface area contributed by atoms with Crippen LogP contribution in [0, 0.1) is 5.82 Å². The molecule has 2 N–H and O–H groups in total. The lowest BCUT2D eigenvalue weighted by Gasteiger charge is -2.32. The minimum atomic E-state index is -1.88. The molecule has 2 aromatic carbocycles. The van der Waals surface area contributed by atoms with E-state index in [9.17, 15) is 23.0 Å². The second-order valence-electron chi connectivity index (χ2n) is 9.51. The Bertz CT molecular complexity index is 1330. The summed E-state index contributed by atoms with van der Waals surface area (Å²) in [5, 5.41) is 7.52. The third-order valence-corrected chi connectivity index (χ3v) is 8.65. The molecule has 0 unspecified atom stereocenters. The molecule has 1 aliphatic carbocycles. The summed E-state index contributed by atoms with van der Waals surface area (Å²) in [6.07, 6.45) is 4.96. The van der Waals surface area contributed by atoms with Crippen LogP contribution in [0.25, 0.3) is 0 Å². The maximum absolute atomic E-state index is 13.8. The molecule has 1 aliphatic rings. The molecular weight excluding hydrogens is 553 g/mol. The molecular formula is C29H32FN3O5S2. The maximum atomic E-state index is 13.8. The quantitative estimate of drug-likeness (QED) is 0.336. The second-order valence-corrected chi connectivity index (χ2v) is 11.9. The van der Waals surface area contributed by atoms with E-state index in [1.54, 1.807) is 30.3 Å². The van der Waals surface area contributed by atoms with E-state index in [0.717, 1.165) is 32.1 Å². The number of methoxy groups -OCH3 is 1. The monoisotopic (exact) mass is 585 g/mol. The lowest BCUT2D eigenvalue weighted by atomic mass is 9.95. The first-order chi connectivity index (χ1) is 19.3. The van der Waals surface area contributed by atoms with Gasteiger partial charge in [-0.2, -0.15) is 0 Å². The summed E-state index contributed by atoms with van der Waals surface area (Å²) >= 11 is 1.35. The highest BCUT2D eigenvalue weighted by molar-refractivity contribution is 7.86. The van der Waals surface area contributed by atoms with E-state index in [4.69, 9.17) is 4.74 Å². The molecule has 0 saturated heterocycles. The summed E-state index contributed by atoms with van der Waals surface area (Å²) in [6, 6.07) is 14.6. The normalized spacial score (nSPS) is 15.1. The molecule has 0 bridgehead atoms. The Kier molecular flexibility index (Phi) is 10.4. The summed E-state index contributed by atoms with van der Waals surface area (Å²) in [7, 11) is -0.373. The molecule has 3 amide bonds. The number of halogens is 1. The van der Waals surface area contributed by atoms with Crippen molar-refractivity contribution < 1.29 is 27.7 Å². The van der Waals surface area contributed by atoms with Crippen molar-refractivity contribution in [2.75, 3.05) is 28.8 Å². The van der Waals surface area contributed by atoms with Crippen molar-refractivity contribution in [2.45, 2.75) is 44.2 Å². The molecule has 8 nitrogen and oxygen atoms in total. The number of carbonyl (C=O) groups is 3. The molecule has 212 valence electrons. The van der Waals surface area contributed by atoms with E-state index in [1.165, 1.54) is 47.6 Å². The maximum Gasteiger partial charge on any atom is 0.248 e. The number of nitrogens with zero attached hydrogens (tertiary/aromatic N) is 1. The van der Waals surface area contributed by atoms with Crippen molar-refractivity contribution in [3.63, 3.8) is 0 Å². The van der Waals surface area contributed by atoms with Crippen molar-refractivity contribution in [3.05, 3.63) is 76.7 Å². The van der Waals surface area contributed by atoms with E-state index in [0.29, 0.717) is 22.0 Å². The van der Waals surface area contributed by atoms with Gasteiger partial charge in [-0.15, -0.1) is 11.3 Å². The van der Waals surface area contributed by atoms with Gasteiger partial charge in [-0.1, -0.05) is 31.4 Å². The number of carbonyl (C=O) groups excluding carboxylic acids is 3. The van der Waals surface area contributed by atoms with Crippen LogP contribution in [0.1, 0.15) is 43.0 Å². The number of rotatable bonds is 11. The van der Waals surface area contributed by atoms with Crippen molar-refractivity contribution in [1.29, 1.82) is 0 Å². The lowest BCUT2D eigenvalue weighted by molar-refractivity contribution is -0.126. The van der Waals surface area contributed by atoms with Gasteiger partial charge in [0.15, 0.2) is 0 Å². The Morgan fingerprint density at radius 3 is 2.48 bits per heavy atom. The Hall–Kier alpha value is -3.57. The summed E-state index contributed by atoms with van der Waals surface area (Å²) in [5.74, 6) is -2.33. The van der Waals surface area contributed by atoms with Crippen LogP contribution < -0.4 is 20.3 Å². The van der Waals surface area contributed by atoms with Gasteiger partial charge < -0.3 is 15.4 Å². The Balaban J connectivity index is 1.57. The number of thiophene rings is 1. The van der Waals surface area contributed by atoms with Crippen LogP contribution in [0.3, 0.4) is 0 Å². The van der Waals surface area contributed by atoms with Crippen molar-refractivity contribution in [2.24, 2.45) is 0 Å². The molecule has 11 heteroatoms. The number of benzene rings is 2. The highest BCUT2D eigenvalue weighted by atomic mass is 32.2. The van der Waals surface area contributed by atoms with Crippen LogP contribution in [-0.2, 0) is 25.2 Å². The average molecular weight is 586 g/mol. The fraction of sp³-hybridized carbons (Fsp3) is 0.345. The average Bonchev–Trinajstić information content (AvgIpc) is 3.47. The zero-order chi connectivity index (χ0) is 28.5. The Labute approximate surface area is 239 Å². The molecule has 0 radical (unpaired) electrons. The van der Waals surface area contributed by atoms with E-state index in [1.807, 2.05) is 11.4 Å².